The van der Waals surface area contributed by atoms with Crippen molar-refractivity contribution in [3.05, 3.63) is 48.0 Å². The number of aryl methyl sites for hydroxylation is 1. The molecule has 1 fully saturated rings. The molecule has 0 aliphatic carbocycles. The Morgan fingerprint density at radius 1 is 1.22 bits per heavy atom. The molecule has 0 unspecified atom stereocenters. The molecule has 2 aromatic carbocycles. The molecule has 1 heterocycles. The van der Waals surface area contributed by atoms with E-state index in [-0.39, 0.29) is 10.8 Å². The third-order valence-corrected chi connectivity index (χ3v) is 5.83. The minimum absolute atomic E-state index is 0.0820. The Kier molecular flexibility index (Phi) is 5.67. The average Bonchev–Trinajstić information content (AvgIpc) is 3.18. The summed E-state index contributed by atoms with van der Waals surface area (Å²) in [4.78, 5) is 12.3. The van der Waals surface area contributed by atoms with E-state index in [0.29, 0.717) is 35.7 Å². The van der Waals surface area contributed by atoms with Crippen LogP contribution in [-0.4, -0.2) is 34.1 Å². The fourth-order valence-electron chi connectivity index (χ4n) is 2.90. The summed E-state index contributed by atoms with van der Waals surface area (Å²) in [7, 11) is -2.39. The first-order chi connectivity index (χ1) is 12.9. The summed E-state index contributed by atoms with van der Waals surface area (Å²) in [6.07, 6.45) is 1.02. The summed E-state index contributed by atoms with van der Waals surface area (Å²) >= 11 is 0. The second kappa shape index (κ2) is 7.98. The number of para-hydroxylation sites is 2. The van der Waals surface area contributed by atoms with Crippen LogP contribution >= 0.6 is 0 Å². The Hall–Kier alpha value is -2.58. The molecular formula is C19H22N2O5S. The number of nitrogens with one attached hydrogen (secondary N) is 2. The highest BCUT2D eigenvalue weighted by Crippen LogP contribution is 2.28. The molecule has 0 spiro atoms. The van der Waals surface area contributed by atoms with Crippen LogP contribution in [0, 0.1) is 6.92 Å². The maximum absolute atomic E-state index is 12.9. The molecule has 1 amide bonds. The van der Waals surface area contributed by atoms with Gasteiger partial charge in [-0.3, -0.25) is 9.52 Å². The monoisotopic (exact) mass is 390 g/mol. The van der Waals surface area contributed by atoms with Crippen molar-refractivity contribution in [3.8, 4) is 5.75 Å². The van der Waals surface area contributed by atoms with Crippen molar-refractivity contribution in [2.24, 2.45) is 0 Å². The fraction of sp³-hybridized carbons (Fsp3) is 0.316. The van der Waals surface area contributed by atoms with Crippen molar-refractivity contribution in [3.63, 3.8) is 0 Å². The molecule has 1 aliphatic heterocycles. The van der Waals surface area contributed by atoms with Gasteiger partial charge in [-0.2, -0.15) is 0 Å². The van der Waals surface area contributed by atoms with E-state index in [9.17, 15) is 13.2 Å². The SMILES string of the molecule is COc1ccccc1NS(=O)(=O)c1cc(NC(=O)[C@H]2CCCO2)ccc1C. The summed E-state index contributed by atoms with van der Waals surface area (Å²) in [6.45, 7) is 2.26. The Morgan fingerprint density at radius 3 is 2.70 bits per heavy atom. The lowest BCUT2D eigenvalue weighted by molar-refractivity contribution is -0.124. The van der Waals surface area contributed by atoms with E-state index in [0.717, 1.165) is 6.42 Å². The number of carbonyl (C=O) groups excluding carboxylic acids is 1. The molecule has 7 nitrogen and oxygen atoms in total. The standard InChI is InChI=1S/C19H22N2O5S/c1-13-9-10-14(20-19(22)17-8-5-11-26-17)12-18(13)27(23,24)21-15-6-3-4-7-16(15)25-2/h3-4,6-7,9-10,12,17,21H,5,8,11H2,1-2H3,(H,20,22)/t17-/m1/s1. The van der Waals surface area contributed by atoms with Crippen LogP contribution in [0.25, 0.3) is 0 Å². The van der Waals surface area contributed by atoms with Crippen molar-refractivity contribution in [2.75, 3.05) is 23.8 Å². The molecule has 2 aromatic rings. The van der Waals surface area contributed by atoms with Gasteiger partial charge in [-0.1, -0.05) is 18.2 Å². The van der Waals surface area contributed by atoms with Crippen molar-refractivity contribution in [1.29, 1.82) is 0 Å². The number of rotatable bonds is 6. The van der Waals surface area contributed by atoms with Gasteiger partial charge in [-0.05, 0) is 49.6 Å². The Bertz CT molecular complexity index is 937. The van der Waals surface area contributed by atoms with E-state index in [2.05, 4.69) is 10.0 Å². The van der Waals surface area contributed by atoms with Crippen LogP contribution in [0.1, 0.15) is 18.4 Å². The zero-order chi connectivity index (χ0) is 19.4. The van der Waals surface area contributed by atoms with Crippen LogP contribution < -0.4 is 14.8 Å². The van der Waals surface area contributed by atoms with Crippen molar-refractivity contribution >= 4 is 27.3 Å². The van der Waals surface area contributed by atoms with E-state index in [4.69, 9.17) is 9.47 Å². The van der Waals surface area contributed by atoms with E-state index in [1.54, 1.807) is 43.3 Å². The molecule has 144 valence electrons. The largest absolute Gasteiger partial charge is 0.495 e. The molecule has 3 rings (SSSR count). The molecule has 2 N–H and O–H groups in total. The second-order valence-corrected chi connectivity index (χ2v) is 7.93. The highest BCUT2D eigenvalue weighted by molar-refractivity contribution is 7.92. The van der Waals surface area contributed by atoms with Crippen LogP contribution in [0.2, 0.25) is 0 Å². The van der Waals surface area contributed by atoms with Crippen molar-refractivity contribution in [2.45, 2.75) is 30.8 Å². The van der Waals surface area contributed by atoms with E-state index in [1.165, 1.54) is 13.2 Å². The van der Waals surface area contributed by atoms with Crippen molar-refractivity contribution < 1.29 is 22.7 Å². The Balaban J connectivity index is 1.85. The lowest BCUT2D eigenvalue weighted by Crippen LogP contribution is -2.27. The molecule has 27 heavy (non-hydrogen) atoms. The van der Waals surface area contributed by atoms with Gasteiger partial charge < -0.3 is 14.8 Å². The third-order valence-electron chi connectivity index (χ3n) is 4.32. The van der Waals surface area contributed by atoms with Crippen LogP contribution in [0.4, 0.5) is 11.4 Å². The molecule has 8 heteroatoms. The van der Waals surface area contributed by atoms with Gasteiger partial charge in [0, 0.05) is 12.3 Å². The summed E-state index contributed by atoms with van der Waals surface area (Å²) in [5.41, 5.74) is 1.31. The number of carbonyl (C=O) groups is 1. The topological polar surface area (TPSA) is 93.7 Å². The number of hydrogen-bond donors (Lipinski definition) is 2. The lowest BCUT2D eigenvalue weighted by atomic mass is 10.2. The van der Waals surface area contributed by atoms with Crippen LogP contribution in [0.15, 0.2) is 47.4 Å². The first-order valence-corrected chi connectivity index (χ1v) is 10.1. The summed E-state index contributed by atoms with van der Waals surface area (Å²) < 4.78 is 38.9. The average molecular weight is 390 g/mol. The number of benzene rings is 2. The van der Waals surface area contributed by atoms with Gasteiger partial charge in [0.05, 0.1) is 17.7 Å². The molecular weight excluding hydrogens is 368 g/mol. The maximum atomic E-state index is 12.9. The molecule has 0 bridgehead atoms. The predicted molar refractivity (Wildman–Crippen MR) is 103 cm³/mol. The van der Waals surface area contributed by atoms with Crippen LogP contribution in [0.5, 0.6) is 5.75 Å². The number of ether oxygens (including phenoxy) is 2. The molecule has 0 radical (unpaired) electrons. The van der Waals surface area contributed by atoms with E-state index >= 15 is 0 Å². The minimum Gasteiger partial charge on any atom is -0.495 e. The molecule has 1 saturated heterocycles. The highest BCUT2D eigenvalue weighted by Gasteiger charge is 2.24. The third kappa shape index (κ3) is 4.40. The van der Waals surface area contributed by atoms with Gasteiger partial charge in [0.2, 0.25) is 0 Å². The van der Waals surface area contributed by atoms with Gasteiger partial charge in [0.25, 0.3) is 15.9 Å². The zero-order valence-electron chi connectivity index (χ0n) is 15.2. The fourth-order valence-corrected chi connectivity index (χ4v) is 4.25. The molecule has 1 aliphatic rings. The van der Waals surface area contributed by atoms with Gasteiger partial charge in [-0.15, -0.1) is 0 Å². The Labute approximate surface area is 158 Å². The number of hydrogen-bond acceptors (Lipinski definition) is 5. The van der Waals surface area contributed by atoms with Gasteiger partial charge in [-0.25, -0.2) is 8.42 Å². The first kappa shape index (κ1) is 19.2. The molecule has 1 atom stereocenters. The number of sulfonamides is 1. The van der Waals surface area contributed by atoms with Gasteiger partial charge in [0.15, 0.2) is 0 Å². The minimum atomic E-state index is -3.87. The molecule has 0 saturated carbocycles. The lowest BCUT2D eigenvalue weighted by Gasteiger charge is -2.15. The van der Waals surface area contributed by atoms with Crippen molar-refractivity contribution in [1.82, 2.24) is 0 Å². The predicted octanol–water partition coefficient (Wildman–Crippen LogP) is 2.92. The van der Waals surface area contributed by atoms with Crippen LogP contribution in [-0.2, 0) is 19.6 Å². The molecule has 0 aromatic heterocycles. The van der Waals surface area contributed by atoms with Gasteiger partial charge in [0.1, 0.15) is 11.9 Å². The quantitative estimate of drug-likeness (QED) is 0.791. The number of methoxy groups -OCH3 is 1. The van der Waals surface area contributed by atoms with Gasteiger partial charge >= 0.3 is 0 Å². The Morgan fingerprint density at radius 2 is 2.00 bits per heavy atom. The number of amides is 1. The number of anilines is 2. The van der Waals surface area contributed by atoms with Crippen LogP contribution in [0.3, 0.4) is 0 Å². The second-order valence-electron chi connectivity index (χ2n) is 6.28. The summed E-state index contributed by atoms with van der Waals surface area (Å²) in [6, 6.07) is 11.5. The van der Waals surface area contributed by atoms with E-state index < -0.39 is 16.1 Å². The highest BCUT2D eigenvalue weighted by atomic mass is 32.2. The summed E-state index contributed by atoms with van der Waals surface area (Å²) in [5, 5.41) is 2.73. The normalized spacial score (nSPS) is 16.7. The zero-order valence-corrected chi connectivity index (χ0v) is 16.0. The van der Waals surface area contributed by atoms with E-state index in [1.807, 2.05) is 0 Å². The maximum Gasteiger partial charge on any atom is 0.262 e. The first-order valence-electron chi connectivity index (χ1n) is 8.59. The summed E-state index contributed by atoms with van der Waals surface area (Å²) in [5.74, 6) is 0.152. The smallest absolute Gasteiger partial charge is 0.262 e.